The standard InChI is InChI=1S/C23H18N4O3/c28-22(29)19(15-7-3-1-4-8-15)13-16-14-24-21-18(16)11-12-20(26-21)27-23(30)25-17-9-5-2-6-10-17/h1-14H,(H,28,29)(H3,24,25,26,27,30)/b19-13+. The summed E-state index contributed by atoms with van der Waals surface area (Å²) in [6.45, 7) is 0. The molecule has 2 heterocycles. The molecule has 2 aromatic carbocycles. The van der Waals surface area contributed by atoms with Crippen LogP contribution in [0.5, 0.6) is 0 Å². The number of amides is 2. The molecule has 7 nitrogen and oxygen atoms in total. The van der Waals surface area contributed by atoms with Crippen LogP contribution in [0.15, 0.2) is 79.0 Å². The number of para-hydroxylation sites is 1. The molecule has 0 aliphatic rings. The average molecular weight is 398 g/mol. The van der Waals surface area contributed by atoms with E-state index in [4.69, 9.17) is 0 Å². The minimum Gasteiger partial charge on any atom is -0.478 e. The predicted octanol–water partition coefficient (Wildman–Crippen LogP) is 4.83. The number of fused-ring (bicyclic) bond motifs is 1. The lowest BCUT2D eigenvalue weighted by Crippen LogP contribution is -2.19. The number of carbonyl (C=O) groups is 2. The second kappa shape index (κ2) is 8.32. The van der Waals surface area contributed by atoms with Gasteiger partial charge in [0.2, 0.25) is 0 Å². The number of carbonyl (C=O) groups excluding carboxylic acids is 1. The van der Waals surface area contributed by atoms with E-state index < -0.39 is 12.0 Å². The maximum Gasteiger partial charge on any atom is 0.336 e. The largest absolute Gasteiger partial charge is 0.478 e. The summed E-state index contributed by atoms with van der Waals surface area (Å²) in [5.41, 5.74) is 2.70. The highest BCUT2D eigenvalue weighted by Gasteiger charge is 2.13. The van der Waals surface area contributed by atoms with Crippen LogP contribution < -0.4 is 10.6 Å². The number of hydrogen-bond acceptors (Lipinski definition) is 3. The third-order valence-electron chi connectivity index (χ3n) is 4.46. The van der Waals surface area contributed by atoms with Gasteiger partial charge in [-0.05, 0) is 35.9 Å². The van der Waals surface area contributed by atoms with Gasteiger partial charge in [0.05, 0.1) is 5.57 Å². The van der Waals surface area contributed by atoms with Crippen molar-refractivity contribution in [2.24, 2.45) is 0 Å². The zero-order valence-corrected chi connectivity index (χ0v) is 15.8. The van der Waals surface area contributed by atoms with Crippen LogP contribution in [0, 0.1) is 0 Å². The van der Waals surface area contributed by atoms with Gasteiger partial charge >= 0.3 is 12.0 Å². The summed E-state index contributed by atoms with van der Waals surface area (Å²) in [6.07, 6.45) is 3.30. The quantitative estimate of drug-likeness (QED) is 0.361. The van der Waals surface area contributed by atoms with Crippen molar-refractivity contribution in [3.63, 3.8) is 0 Å². The van der Waals surface area contributed by atoms with Crippen molar-refractivity contribution in [3.8, 4) is 0 Å². The van der Waals surface area contributed by atoms with E-state index in [1.807, 2.05) is 24.3 Å². The van der Waals surface area contributed by atoms with Crippen molar-refractivity contribution in [1.82, 2.24) is 9.97 Å². The molecule has 4 rings (SSSR count). The number of carboxylic acid groups (broad SMARTS) is 1. The number of aliphatic carboxylic acids is 1. The number of anilines is 2. The first-order valence-electron chi connectivity index (χ1n) is 9.22. The number of H-pyrrole nitrogens is 1. The van der Waals surface area contributed by atoms with Crippen LogP contribution in [0.1, 0.15) is 11.1 Å². The van der Waals surface area contributed by atoms with Gasteiger partial charge in [0.25, 0.3) is 0 Å². The Kier molecular flexibility index (Phi) is 5.25. The van der Waals surface area contributed by atoms with Crippen molar-refractivity contribution in [2.75, 3.05) is 10.6 Å². The zero-order chi connectivity index (χ0) is 20.9. The molecule has 0 aliphatic heterocycles. The number of urea groups is 1. The lowest BCUT2D eigenvalue weighted by Gasteiger charge is -2.07. The molecular weight excluding hydrogens is 380 g/mol. The number of carboxylic acids is 1. The summed E-state index contributed by atoms with van der Waals surface area (Å²) in [7, 11) is 0. The topological polar surface area (TPSA) is 107 Å². The minimum absolute atomic E-state index is 0.181. The van der Waals surface area contributed by atoms with E-state index in [9.17, 15) is 14.7 Å². The third kappa shape index (κ3) is 4.20. The van der Waals surface area contributed by atoms with Crippen LogP contribution in [0.2, 0.25) is 0 Å². The summed E-state index contributed by atoms with van der Waals surface area (Å²) in [4.78, 5) is 31.3. The van der Waals surface area contributed by atoms with E-state index >= 15 is 0 Å². The maximum absolute atomic E-state index is 12.2. The van der Waals surface area contributed by atoms with Gasteiger partial charge in [0.15, 0.2) is 0 Å². The molecule has 7 heteroatoms. The molecular formula is C23H18N4O3. The molecule has 0 saturated carbocycles. The summed E-state index contributed by atoms with van der Waals surface area (Å²) < 4.78 is 0. The van der Waals surface area contributed by atoms with E-state index in [2.05, 4.69) is 20.6 Å². The van der Waals surface area contributed by atoms with Crippen LogP contribution in [0.3, 0.4) is 0 Å². The number of benzene rings is 2. The van der Waals surface area contributed by atoms with E-state index in [0.717, 1.165) is 5.39 Å². The first-order valence-corrected chi connectivity index (χ1v) is 9.22. The highest BCUT2D eigenvalue weighted by Crippen LogP contribution is 2.25. The maximum atomic E-state index is 12.2. The van der Waals surface area contributed by atoms with Crippen LogP contribution >= 0.6 is 0 Å². The second-order valence-corrected chi connectivity index (χ2v) is 6.51. The lowest BCUT2D eigenvalue weighted by atomic mass is 10.0. The Morgan fingerprint density at radius 3 is 2.30 bits per heavy atom. The number of aromatic amines is 1. The van der Waals surface area contributed by atoms with Crippen molar-refractivity contribution >= 4 is 46.2 Å². The Bertz CT molecular complexity index is 1230. The van der Waals surface area contributed by atoms with Gasteiger partial charge in [-0.25, -0.2) is 14.6 Å². The summed E-state index contributed by atoms with van der Waals surface area (Å²) >= 11 is 0. The molecule has 2 aromatic heterocycles. The molecule has 0 atom stereocenters. The SMILES string of the molecule is O=C(Nc1ccccc1)Nc1ccc2c(/C=C(/C(=O)O)c3ccccc3)c[nH]c2n1. The van der Waals surface area contributed by atoms with Gasteiger partial charge in [-0.15, -0.1) is 0 Å². The monoisotopic (exact) mass is 398 g/mol. The number of hydrogen-bond donors (Lipinski definition) is 4. The zero-order valence-electron chi connectivity index (χ0n) is 15.8. The number of nitrogens with zero attached hydrogens (tertiary/aromatic N) is 1. The normalized spacial score (nSPS) is 11.3. The highest BCUT2D eigenvalue weighted by atomic mass is 16.4. The molecule has 148 valence electrons. The Balaban J connectivity index is 1.58. The van der Waals surface area contributed by atoms with E-state index in [1.54, 1.807) is 60.8 Å². The molecule has 4 N–H and O–H groups in total. The number of rotatable bonds is 5. The van der Waals surface area contributed by atoms with Gasteiger partial charge < -0.3 is 15.4 Å². The fourth-order valence-electron chi connectivity index (χ4n) is 3.06. The first kappa shape index (κ1) is 18.9. The molecule has 0 fully saturated rings. The molecule has 30 heavy (non-hydrogen) atoms. The number of nitrogens with one attached hydrogen (secondary N) is 3. The fraction of sp³-hybridized carbons (Fsp3) is 0. The molecule has 0 spiro atoms. The van der Waals surface area contributed by atoms with E-state index in [1.165, 1.54) is 0 Å². The van der Waals surface area contributed by atoms with Crippen LogP contribution in [0.25, 0.3) is 22.7 Å². The van der Waals surface area contributed by atoms with E-state index in [0.29, 0.717) is 28.3 Å². The van der Waals surface area contributed by atoms with Crippen molar-refractivity contribution in [2.45, 2.75) is 0 Å². The molecule has 4 aromatic rings. The summed E-state index contributed by atoms with van der Waals surface area (Å²) in [6, 6.07) is 21.1. The first-order chi connectivity index (χ1) is 14.6. The Labute approximate surface area is 172 Å². The van der Waals surface area contributed by atoms with Gasteiger partial charge in [0.1, 0.15) is 11.5 Å². The van der Waals surface area contributed by atoms with E-state index in [-0.39, 0.29) is 5.57 Å². The molecule has 0 aliphatic carbocycles. The molecule has 0 radical (unpaired) electrons. The van der Waals surface area contributed by atoms with Crippen LogP contribution in [-0.4, -0.2) is 27.1 Å². The summed E-state index contributed by atoms with van der Waals surface area (Å²) in [5.74, 6) is -0.644. The number of aromatic nitrogens is 2. The fourth-order valence-corrected chi connectivity index (χ4v) is 3.06. The Morgan fingerprint density at radius 2 is 1.60 bits per heavy atom. The van der Waals surface area contributed by atoms with Gasteiger partial charge in [-0.3, -0.25) is 5.32 Å². The smallest absolute Gasteiger partial charge is 0.336 e. The number of pyridine rings is 1. The minimum atomic E-state index is -1.01. The van der Waals surface area contributed by atoms with Crippen LogP contribution in [0.4, 0.5) is 16.3 Å². The average Bonchev–Trinajstić information content (AvgIpc) is 3.15. The molecule has 0 unspecified atom stereocenters. The Hall–Kier alpha value is -4.39. The molecule has 0 saturated heterocycles. The van der Waals surface area contributed by atoms with Crippen LogP contribution in [-0.2, 0) is 4.79 Å². The van der Waals surface area contributed by atoms with Crippen molar-refractivity contribution in [3.05, 3.63) is 90.1 Å². The van der Waals surface area contributed by atoms with Gasteiger partial charge in [-0.2, -0.15) is 0 Å². The summed E-state index contributed by atoms with van der Waals surface area (Å²) in [5, 5.41) is 15.8. The second-order valence-electron chi connectivity index (χ2n) is 6.51. The van der Waals surface area contributed by atoms with Crippen molar-refractivity contribution in [1.29, 1.82) is 0 Å². The molecule has 0 bridgehead atoms. The van der Waals surface area contributed by atoms with Gasteiger partial charge in [0, 0.05) is 22.8 Å². The Morgan fingerprint density at radius 1 is 0.900 bits per heavy atom. The molecule has 2 amide bonds. The van der Waals surface area contributed by atoms with Crippen molar-refractivity contribution < 1.29 is 14.7 Å². The highest BCUT2D eigenvalue weighted by molar-refractivity contribution is 6.21. The lowest BCUT2D eigenvalue weighted by molar-refractivity contribution is -0.130. The predicted molar refractivity (Wildman–Crippen MR) is 117 cm³/mol. The third-order valence-corrected chi connectivity index (χ3v) is 4.46. The van der Waals surface area contributed by atoms with Gasteiger partial charge in [-0.1, -0.05) is 48.5 Å².